The summed E-state index contributed by atoms with van der Waals surface area (Å²) in [5.41, 5.74) is -0.503. The van der Waals surface area contributed by atoms with Crippen LogP contribution in [-0.2, 0) is 23.4 Å². The first kappa shape index (κ1) is 32.2. The van der Waals surface area contributed by atoms with Crippen molar-refractivity contribution in [3.63, 3.8) is 0 Å². The molecule has 1 aliphatic rings. The molecule has 2 unspecified atom stereocenters. The molecule has 0 aliphatic heterocycles. The standard InChI is InChI=1S/C23H32F3N2O8P/c1-12(2)34-22(32)15(5)28-37(33)36-21(13(3)18(11-29)20(31)14(4)27-6)17-10-16(35-23(24,25)26)8-7-9-19(17)30/h8-10,12,15,21,29-31,37H,6-7,11H2,1-5H3,(H,28,33)/b18-13+,20-14+/t15-,21?/m0/s1. The average molecular weight is 552 g/mol. The molecule has 3 atom stereocenters. The molecule has 0 heterocycles. The van der Waals surface area contributed by atoms with Crippen LogP contribution >= 0.6 is 8.18 Å². The maximum absolute atomic E-state index is 12.9. The van der Waals surface area contributed by atoms with E-state index in [2.05, 4.69) is 21.5 Å². The number of nitrogens with one attached hydrogen (secondary N) is 1. The molecule has 0 radical (unpaired) electrons. The first-order valence-electron chi connectivity index (χ1n) is 11.0. The van der Waals surface area contributed by atoms with Crippen LogP contribution in [0.2, 0.25) is 0 Å². The Morgan fingerprint density at radius 2 is 1.89 bits per heavy atom. The van der Waals surface area contributed by atoms with Gasteiger partial charge in [0.1, 0.15) is 29.4 Å². The molecule has 0 aromatic heterocycles. The van der Waals surface area contributed by atoms with Gasteiger partial charge in [0.15, 0.2) is 0 Å². The number of alkyl halides is 3. The summed E-state index contributed by atoms with van der Waals surface area (Å²) in [4.78, 5) is 15.7. The number of rotatable bonds is 12. The SMILES string of the molecule is C=N/C(C)=C(O)\C(CO)=C(/C)C(O[PH](=O)N[C@@H](C)C(=O)OC(C)C)C1=CC(OC(F)(F)F)=CCC=C1O. The van der Waals surface area contributed by atoms with Gasteiger partial charge in [-0.2, -0.15) is 0 Å². The fraction of sp³-hybridized carbons (Fsp3) is 0.478. The molecule has 1 rings (SSSR count). The summed E-state index contributed by atoms with van der Waals surface area (Å²) in [5.74, 6) is -2.45. The highest BCUT2D eigenvalue weighted by Gasteiger charge is 2.34. The van der Waals surface area contributed by atoms with Crippen LogP contribution in [0.5, 0.6) is 0 Å². The van der Waals surface area contributed by atoms with Gasteiger partial charge in [0.2, 0.25) is 0 Å². The fourth-order valence-electron chi connectivity index (χ4n) is 3.04. The minimum Gasteiger partial charge on any atom is -0.508 e. The Balaban J connectivity index is 3.60. The Kier molecular flexibility index (Phi) is 12.3. The zero-order chi connectivity index (χ0) is 28.5. The van der Waals surface area contributed by atoms with Gasteiger partial charge in [0.05, 0.1) is 18.4 Å². The summed E-state index contributed by atoms with van der Waals surface area (Å²) in [5, 5.41) is 33.4. The molecular formula is C23H32F3N2O8P. The van der Waals surface area contributed by atoms with Crippen molar-refractivity contribution in [1.29, 1.82) is 0 Å². The molecule has 208 valence electrons. The van der Waals surface area contributed by atoms with Crippen LogP contribution < -0.4 is 5.09 Å². The Morgan fingerprint density at radius 3 is 2.41 bits per heavy atom. The van der Waals surface area contributed by atoms with Crippen LogP contribution in [0, 0.1) is 0 Å². The maximum atomic E-state index is 12.9. The van der Waals surface area contributed by atoms with E-state index in [1.807, 2.05) is 0 Å². The molecule has 0 saturated carbocycles. The molecule has 0 spiro atoms. The van der Waals surface area contributed by atoms with Gasteiger partial charge in [-0.15, -0.1) is 13.2 Å². The van der Waals surface area contributed by atoms with Crippen molar-refractivity contribution in [2.75, 3.05) is 6.61 Å². The molecule has 4 N–H and O–H groups in total. The van der Waals surface area contributed by atoms with Crippen LogP contribution in [0.3, 0.4) is 0 Å². The van der Waals surface area contributed by atoms with E-state index in [4.69, 9.17) is 9.26 Å². The van der Waals surface area contributed by atoms with Gasteiger partial charge in [0, 0.05) is 11.1 Å². The summed E-state index contributed by atoms with van der Waals surface area (Å²) in [6.07, 6.45) is -4.16. The number of hydrogen-bond donors (Lipinski definition) is 4. The number of ether oxygens (including phenoxy) is 2. The van der Waals surface area contributed by atoms with E-state index in [9.17, 15) is 37.9 Å². The predicted molar refractivity (Wildman–Crippen MR) is 131 cm³/mol. The quantitative estimate of drug-likeness (QED) is 0.0891. The fourth-order valence-corrected chi connectivity index (χ4v) is 4.10. The summed E-state index contributed by atoms with van der Waals surface area (Å²) in [7, 11) is -3.35. The third-order valence-electron chi connectivity index (χ3n) is 4.90. The lowest BCUT2D eigenvalue weighted by molar-refractivity contribution is -0.303. The second-order valence-corrected chi connectivity index (χ2v) is 9.23. The third kappa shape index (κ3) is 10.2. The summed E-state index contributed by atoms with van der Waals surface area (Å²) in [6, 6.07) is -1.09. The topological polar surface area (TPSA) is 147 Å². The minimum absolute atomic E-state index is 0.00795. The third-order valence-corrected chi connectivity index (χ3v) is 6.02. The molecule has 0 fully saturated rings. The van der Waals surface area contributed by atoms with Crippen molar-refractivity contribution in [1.82, 2.24) is 5.09 Å². The van der Waals surface area contributed by atoms with E-state index < -0.39 is 62.6 Å². The Labute approximate surface area is 213 Å². The van der Waals surface area contributed by atoms with Gasteiger partial charge in [-0.25, -0.2) is 5.09 Å². The maximum Gasteiger partial charge on any atom is 0.573 e. The minimum atomic E-state index is -5.04. The summed E-state index contributed by atoms with van der Waals surface area (Å²) >= 11 is 0. The van der Waals surface area contributed by atoms with E-state index in [1.165, 1.54) is 26.8 Å². The largest absolute Gasteiger partial charge is 0.573 e. The molecule has 0 aromatic carbocycles. The summed E-state index contributed by atoms with van der Waals surface area (Å²) in [6.45, 7) is 9.82. The predicted octanol–water partition coefficient (Wildman–Crippen LogP) is 4.68. The van der Waals surface area contributed by atoms with Crippen molar-refractivity contribution < 1.29 is 51.8 Å². The zero-order valence-electron chi connectivity index (χ0n) is 21.0. The first-order valence-corrected chi connectivity index (χ1v) is 12.3. The molecule has 0 saturated heterocycles. The molecule has 14 heteroatoms. The number of allylic oxidation sites excluding steroid dienone is 4. The molecular weight excluding hydrogens is 520 g/mol. The molecule has 10 nitrogen and oxygen atoms in total. The van der Waals surface area contributed by atoms with Crippen LogP contribution in [0.1, 0.15) is 41.0 Å². The van der Waals surface area contributed by atoms with Gasteiger partial charge in [-0.1, -0.05) is 0 Å². The number of nitrogens with zero attached hydrogens (tertiary/aromatic N) is 1. The normalized spacial score (nSPS) is 18.3. The second-order valence-electron chi connectivity index (χ2n) is 8.13. The number of carbonyl (C=O) groups is 1. The molecule has 0 aromatic rings. The van der Waals surface area contributed by atoms with Crippen LogP contribution in [0.25, 0.3) is 0 Å². The zero-order valence-corrected chi connectivity index (χ0v) is 22.0. The molecule has 0 bridgehead atoms. The van der Waals surface area contributed by atoms with E-state index in [1.54, 1.807) is 13.8 Å². The van der Waals surface area contributed by atoms with E-state index >= 15 is 0 Å². The van der Waals surface area contributed by atoms with Crippen molar-refractivity contribution in [2.24, 2.45) is 4.99 Å². The van der Waals surface area contributed by atoms with Gasteiger partial charge in [-0.05, 0) is 71.6 Å². The number of hydrogen-bond acceptors (Lipinski definition) is 9. The monoisotopic (exact) mass is 552 g/mol. The second kappa shape index (κ2) is 14.2. The van der Waals surface area contributed by atoms with Crippen LogP contribution in [-0.4, -0.2) is 59.2 Å². The van der Waals surface area contributed by atoms with Crippen molar-refractivity contribution >= 4 is 20.9 Å². The highest BCUT2D eigenvalue weighted by molar-refractivity contribution is 7.36. The number of esters is 1. The number of halogens is 3. The van der Waals surface area contributed by atoms with Crippen LogP contribution in [0.4, 0.5) is 13.2 Å². The van der Waals surface area contributed by atoms with Crippen molar-refractivity contribution in [2.45, 2.75) is 65.7 Å². The van der Waals surface area contributed by atoms with E-state index in [0.29, 0.717) is 0 Å². The highest BCUT2D eigenvalue weighted by Crippen LogP contribution is 2.36. The number of aliphatic hydroxyl groups is 3. The lowest BCUT2D eigenvalue weighted by atomic mass is 9.95. The molecule has 37 heavy (non-hydrogen) atoms. The van der Waals surface area contributed by atoms with E-state index in [0.717, 1.165) is 12.2 Å². The lowest BCUT2D eigenvalue weighted by Crippen LogP contribution is -2.33. The summed E-state index contributed by atoms with van der Waals surface area (Å²) < 4.78 is 66.1. The Hall–Kier alpha value is -2.86. The molecule has 1 aliphatic carbocycles. The van der Waals surface area contributed by atoms with Gasteiger partial charge in [-0.3, -0.25) is 14.4 Å². The highest BCUT2D eigenvalue weighted by atomic mass is 31.1. The average Bonchev–Trinajstić information content (AvgIpc) is 2.96. The number of carbonyl (C=O) groups excluding carboxylic acids is 1. The smallest absolute Gasteiger partial charge is 0.508 e. The van der Waals surface area contributed by atoms with Gasteiger partial charge < -0.3 is 29.3 Å². The van der Waals surface area contributed by atoms with Crippen molar-refractivity contribution in [3.05, 3.63) is 57.9 Å². The Morgan fingerprint density at radius 1 is 1.27 bits per heavy atom. The molecule has 0 amide bonds. The Bertz CT molecular complexity index is 1050. The number of aliphatic imine (C=N–C) groups is 1. The van der Waals surface area contributed by atoms with Gasteiger partial charge >= 0.3 is 12.3 Å². The van der Waals surface area contributed by atoms with Crippen LogP contribution in [0.15, 0.2) is 62.9 Å². The van der Waals surface area contributed by atoms with Gasteiger partial charge in [0.25, 0.3) is 8.18 Å². The number of aliphatic hydroxyl groups excluding tert-OH is 3. The first-order chi connectivity index (χ1) is 17.1. The van der Waals surface area contributed by atoms with E-state index in [-0.39, 0.29) is 28.8 Å². The lowest BCUT2D eigenvalue weighted by Gasteiger charge is -2.25. The van der Waals surface area contributed by atoms with Crippen molar-refractivity contribution in [3.8, 4) is 0 Å².